The van der Waals surface area contributed by atoms with Gasteiger partial charge in [0.1, 0.15) is 0 Å². The molecule has 1 amide bonds. The van der Waals surface area contributed by atoms with Crippen LogP contribution in [0.1, 0.15) is 36.1 Å². The van der Waals surface area contributed by atoms with Crippen LogP contribution in [-0.4, -0.2) is 51.8 Å². The first-order chi connectivity index (χ1) is 20.1. The van der Waals surface area contributed by atoms with Crippen molar-refractivity contribution in [3.05, 3.63) is 105 Å². The Balaban J connectivity index is 1.32. The number of amides is 1. The van der Waals surface area contributed by atoms with Gasteiger partial charge in [-0.3, -0.25) is 14.4 Å². The molecular formula is C32H35IN4O4Si. The van der Waals surface area contributed by atoms with E-state index in [4.69, 9.17) is 4.74 Å². The van der Waals surface area contributed by atoms with Crippen molar-refractivity contribution in [1.29, 1.82) is 0 Å². The maximum absolute atomic E-state index is 14.5. The summed E-state index contributed by atoms with van der Waals surface area (Å²) in [5.41, 5.74) is 2.78. The summed E-state index contributed by atoms with van der Waals surface area (Å²) < 4.78 is 9.75. The number of hydrogen-bond acceptors (Lipinski definition) is 6. The molecule has 2 aliphatic rings. The monoisotopic (exact) mass is 694 g/mol. The van der Waals surface area contributed by atoms with Gasteiger partial charge in [-0.2, -0.15) is 0 Å². The molecule has 1 aromatic heterocycles. The third-order valence-electron chi connectivity index (χ3n) is 8.81. The molecular weight excluding hydrogens is 659 g/mol. The van der Waals surface area contributed by atoms with Gasteiger partial charge in [0.15, 0.2) is 13.9 Å². The van der Waals surface area contributed by atoms with E-state index < -0.39 is 13.9 Å². The SMILES string of the molecule is C[C@@H]1[C@@H]([Si](C)(C)O)[C@H](CCn2cc(C(CO)c3ccccc3)nn2)O[C@@]12C(=O)N(c1ccccc1)c1ccc(I)cc12. The first-order valence-corrected chi connectivity index (χ1v) is 18.4. The van der Waals surface area contributed by atoms with Crippen LogP contribution in [-0.2, 0) is 21.7 Å². The number of para-hydroxylation sites is 1. The highest BCUT2D eigenvalue weighted by atomic mass is 127. The number of anilines is 2. The Labute approximate surface area is 260 Å². The van der Waals surface area contributed by atoms with Gasteiger partial charge in [-0.25, -0.2) is 0 Å². The van der Waals surface area contributed by atoms with E-state index in [1.807, 2.05) is 92.1 Å². The van der Waals surface area contributed by atoms with Crippen molar-refractivity contribution < 1.29 is 19.4 Å². The van der Waals surface area contributed by atoms with E-state index in [2.05, 4.69) is 45.9 Å². The van der Waals surface area contributed by atoms with E-state index in [9.17, 15) is 14.7 Å². The summed E-state index contributed by atoms with van der Waals surface area (Å²) in [6, 6.07) is 25.5. The van der Waals surface area contributed by atoms with Crippen LogP contribution in [0.4, 0.5) is 11.4 Å². The number of fused-ring (bicyclic) bond motifs is 2. The van der Waals surface area contributed by atoms with Gasteiger partial charge < -0.3 is 14.6 Å². The second-order valence-corrected chi connectivity index (χ2v) is 17.1. The Morgan fingerprint density at radius 2 is 1.76 bits per heavy atom. The zero-order valence-corrected chi connectivity index (χ0v) is 27.0. The smallest absolute Gasteiger partial charge is 0.268 e. The summed E-state index contributed by atoms with van der Waals surface area (Å²) in [6.07, 6.45) is 2.07. The number of rotatable bonds is 8. The minimum absolute atomic E-state index is 0.0703. The fourth-order valence-corrected chi connectivity index (χ4v) is 10.1. The first-order valence-electron chi connectivity index (χ1n) is 14.3. The summed E-state index contributed by atoms with van der Waals surface area (Å²) in [5.74, 6) is -0.613. The number of halogens is 1. The molecule has 2 N–H and O–H groups in total. The number of carbonyl (C=O) groups is 1. The maximum Gasteiger partial charge on any atom is 0.268 e. The lowest BCUT2D eigenvalue weighted by Gasteiger charge is -2.32. The number of aryl methyl sites for hydroxylation is 1. The predicted molar refractivity (Wildman–Crippen MR) is 172 cm³/mol. The topological polar surface area (TPSA) is 101 Å². The average molecular weight is 695 g/mol. The van der Waals surface area contributed by atoms with Crippen LogP contribution < -0.4 is 4.90 Å². The van der Waals surface area contributed by atoms with Gasteiger partial charge in [0, 0.05) is 39.0 Å². The normalized spacial score (nSPS) is 24.4. The Kier molecular flexibility index (Phi) is 7.86. The Morgan fingerprint density at radius 1 is 1.07 bits per heavy atom. The summed E-state index contributed by atoms with van der Waals surface area (Å²) in [6.45, 7) is 6.37. The third-order valence-corrected chi connectivity index (χ3v) is 12.0. The summed E-state index contributed by atoms with van der Waals surface area (Å²) >= 11 is 2.28. The molecule has 10 heteroatoms. The van der Waals surface area contributed by atoms with Crippen molar-refractivity contribution in [2.24, 2.45) is 5.92 Å². The average Bonchev–Trinajstić information content (AvgIpc) is 3.63. The highest BCUT2D eigenvalue weighted by molar-refractivity contribution is 14.1. The van der Waals surface area contributed by atoms with E-state index in [-0.39, 0.29) is 36.0 Å². The molecule has 1 fully saturated rings. The quantitative estimate of drug-likeness (QED) is 0.185. The lowest BCUT2D eigenvalue weighted by molar-refractivity contribution is -0.145. The third kappa shape index (κ3) is 4.92. The minimum Gasteiger partial charge on any atom is -0.432 e. The number of nitrogens with zero attached hydrogens (tertiary/aromatic N) is 4. The first kappa shape index (κ1) is 29.2. The van der Waals surface area contributed by atoms with Gasteiger partial charge >= 0.3 is 0 Å². The Bertz CT molecular complexity index is 1580. The second kappa shape index (κ2) is 11.3. The van der Waals surface area contributed by atoms with Gasteiger partial charge in [-0.05, 0) is 78.0 Å². The number of aliphatic hydroxyl groups excluding tert-OH is 1. The van der Waals surface area contributed by atoms with Crippen molar-refractivity contribution in [2.75, 3.05) is 11.5 Å². The molecule has 2 aliphatic heterocycles. The fourth-order valence-electron chi connectivity index (χ4n) is 6.98. The largest absolute Gasteiger partial charge is 0.432 e. The Morgan fingerprint density at radius 3 is 2.43 bits per heavy atom. The van der Waals surface area contributed by atoms with Gasteiger partial charge in [0.25, 0.3) is 5.91 Å². The summed E-state index contributed by atoms with van der Waals surface area (Å²) in [7, 11) is -2.79. The minimum atomic E-state index is -2.79. The van der Waals surface area contributed by atoms with Crippen LogP contribution in [0, 0.1) is 9.49 Å². The van der Waals surface area contributed by atoms with Crippen LogP contribution in [0.15, 0.2) is 85.1 Å². The number of benzene rings is 3. The number of aliphatic hydroxyl groups is 1. The molecule has 218 valence electrons. The standard InChI is InChI=1S/C32H35IN4O4Si/c1-21-30(42(2,3)40)29(16-17-36-19-27(34-35-36)25(20-38)22-10-6-4-7-11-22)41-32(21)26-18-23(33)14-15-28(26)37(31(32)39)24-12-8-5-9-13-24/h4-15,18-19,21,25,29-30,38,40H,16-17,20H2,1-3H3/t21-,25?,29+,30-,32+/m1/s1. The molecule has 6 rings (SSSR count). The molecule has 0 aliphatic carbocycles. The van der Waals surface area contributed by atoms with Crippen molar-refractivity contribution in [3.8, 4) is 0 Å². The molecule has 0 bridgehead atoms. The lowest BCUT2D eigenvalue weighted by Crippen LogP contribution is -2.45. The highest BCUT2D eigenvalue weighted by Gasteiger charge is 2.66. The summed E-state index contributed by atoms with van der Waals surface area (Å²) in [5, 5.41) is 18.8. The predicted octanol–water partition coefficient (Wildman–Crippen LogP) is 5.57. The second-order valence-electron chi connectivity index (χ2n) is 11.8. The Hall–Kier alpha value is -2.90. The fraction of sp³-hybridized carbons (Fsp3) is 0.344. The molecule has 1 unspecified atom stereocenters. The molecule has 4 aromatic rings. The summed E-state index contributed by atoms with van der Waals surface area (Å²) in [4.78, 5) is 27.9. The highest BCUT2D eigenvalue weighted by Crippen LogP contribution is 2.60. The maximum atomic E-state index is 14.5. The zero-order valence-electron chi connectivity index (χ0n) is 23.9. The molecule has 3 heterocycles. The van der Waals surface area contributed by atoms with Gasteiger partial charge in [-0.15, -0.1) is 5.10 Å². The van der Waals surface area contributed by atoms with E-state index in [0.29, 0.717) is 18.7 Å². The van der Waals surface area contributed by atoms with Crippen molar-refractivity contribution >= 4 is 48.2 Å². The van der Waals surface area contributed by atoms with Crippen molar-refractivity contribution in [3.63, 3.8) is 0 Å². The molecule has 42 heavy (non-hydrogen) atoms. The molecule has 5 atom stereocenters. The molecule has 0 radical (unpaired) electrons. The number of carbonyl (C=O) groups excluding carboxylic acids is 1. The van der Waals surface area contributed by atoms with Crippen molar-refractivity contribution in [2.45, 2.75) is 56.1 Å². The van der Waals surface area contributed by atoms with Crippen LogP contribution in [0.3, 0.4) is 0 Å². The van der Waals surface area contributed by atoms with Gasteiger partial charge in [0.05, 0.1) is 30.0 Å². The van der Waals surface area contributed by atoms with Crippen LogP contribution in [0.5, 0.6) is 0 Å². The molecule has 8 nitrogen and oxygen atoms in total. The van der Waals surface area contributed by atoms with E-state index in [0.717, 1.165) is 26.1 Å². The van der Waals surface area contributed by atoms with Crippen molar-refractivity contribution in [1.82, 2.24) is 15.0 Å². The van der Waals surface area contributed by atoms with E-state index in [1.54, 1.807) is 9.58 Å². The number of ether oxygens (including phenoxy) is 1. The number of hydrogen-bond donors (Lipinski definition) is 2. The van der Waals surface area contributed by atoms with Crippen LogP contribution in [0.25, 0.3) is 0 Å². The molecule has 1 saturated heterocycles. The zero-order chi connectivity index (χ0) is 29.6. The lowest BCUT2D eigenvalue weighted by atomic mass is 9.82. The van der Waals surface area contributed by atoms with Gasteiger partial charge in [-0.1, -0.05) is 60.7 Å². The molecule has 0 saturated carbocycles. The van der Waals surface area contributed by atoms with Gasteiger partial charge in [0.2, 0.25) is 0 Å². The molecule has 1 spiro atoms. The van der Waals surface area contributed by atoms with E-state index in [1.165, 1.54) is 0 Å². The van der Waals surface area contributed by atoms with Crippen LogP contribution in [0.2, 0.25) is 18.6 Å². The van der Waals surface area contributed by atoms with E-state index >= 15 is 0 Å². The number of aromatic nitrogens is 3. The molecule has 3 aromatic carbocycles. The van der Waals surface area contributed by atoms with Crippen LogP contribution >= 0.6 is 22.6 Å².